The number of carbonyl (C=O) groups excluding carboxylic acids is 1. The maximum atomic E-state index is 14.8. The van der Waals surface area contributed by atoms with Gasteiger partial charge in [0.25, 0.3) is 0 Å². The van der Waals surface area contributed by atoms with Crippen molar-refractivity contribution in [3.63, 3.8) is 0 Å². The molecule has 5 rings (SSSR count). The lowest BCUT2D eigenvalue weighted by molar-refractivity contribution is -0.111. The van der Waals surface area contributed by atoms with E-state index in [4.69, 9.17) is 4.74 Å². The first-order chi connectivity index (χ1) is 17.9. The molecule has 0 unspecified atom stereocenters. The molecule has 0 saturated carbocycles. The topological polar surface area (TPSA) is 115 Å². The summed E-state index contributed by atoms with van der Waals surface area (Å²) in [5, 5.41) is 11.0. The number of aryl methyl sites for hydroxylation is 3. The number of pyridine rings is 1. The molecule has 1 aliphatic heterocycles. The fraction of sp³-hybridized carbons (Fsp3) is 0.320. The van der Waals surface area contributed by atoms with Gasteiger partial charge in [-0.2, -0.15) is 10.1 Å². The number of nitrogens with one attached hydrogen (secondary N) is 2. The van der Waals surface area contributed by atoms with Gasteiger partial charge in [-0.1, -0.05) is 6.08 Å². The van der Waals surface area contributed by atoms with Crippen LogP contribution in [-0.4, -0.2) is 73.0 Å². The molecule has 4 aromatic rings. The Labute approximate surface area is 213 Å². The van der Waals surface area contributed by atoms with Gasteiger partial charge in [0, 0.05) is 50.5 Å². The molecule has 1 aliphatic rings. The number of rotatable bonds is 7. The van der Waals surface area contributed by atoms with Crippen molar-refractivity contribution in [1.29, 1.82) is 0 Å². The van der Waals surface area contributed by atoms with Crippen LogP contribution in [0.25, 0.3) is 16.9 Å². The van der Waals surface area contributed by atoms with E-state index in [0.717, 1.165) is 41.6 Å². The average Bonchev–Trinajstić information content (AvgIpc) is 3.38. The van der Waals surface area contributed by atoms with Crippen LogP contribution in [0.1, 0.15) is 11.3 Å². The number of aromatic nitrogens is 6. The van der Waals surface area contributed by atoms with Gasteiger partial charge in [0.15, 0.2) is 11.6 Å². The summed E-state index contributed by atoms with van der Waals surface area (Å²) in [6.07, 6.45) is 9.58. The monoisotopic (exact) mass is 505 g/mol. The first-order valence-corrected chi connectivity index (χ1v) is 11.9. The number of ether oxygens (including phenoxy) is 1. The lowest BCUT2D eigenvalue weighted by Gasteiger charge is -2.24. The molecule has 1 saturated heterocycles. The molecule has 4 aromatic heterocycles. The summed E-state index contributed by atoms with van der Waals surface area (Å²) >= 11 is 0. The van der Waals surface area contributed by atoms with Crippen LogP contribution < -0.4 is 10.6 Å². The standard InChI is InChI=1S/C25H28FN9O2/c1-16-14-35(24-20(26)13-28-25(31-24)30-21-15-33(3)32-17(21)2)23-19(16)11-18(12-27-23)29-22(36)5-4-6-34-7-9-37-10-8-34/h4-5,11-15H,6-10H2,1-3H3,(H,29,36)(H,28,30,31)/b5-4+. The first-order valence-electron chi connectivity index (χ1n) is 11.9. The average molecular weight is 506 g/mol. The van der Waals surface area contributed by atoms with Crippen molar-refractivity contribution < 1.29 is 13.9 Å². The minimum atomic E-state index is -0.588. The van der Waals surface area contributed by atoms with E-state index in [1.54, 1.807) is 27.8 Å². The zero-order chi connectivity index (χ0) is 25.9. The molecule has 0 bridgehead atoms. The highest BCUT2D eigenvalue weighted by atomic mass is 19.1. The maximum absolute atomic E-state index is 14.8. The molecular weight excluding hydrogens is 477 g/mol. The van der Waals surface area contributed by atoms with Crippen molar-refractivity contribution in [1.82, 2.24) is 34.2 Å². The van der Waals surface area contributed by atoms with Crippen LogP contribution in [0.2, 0.25) is 0 Å². The van der Waals surface area contributed by atoms with Gasteiger partial charge >= 0.3 is 0 Å². The molecule has 0 aromatic carbocycles. The third-order valence-corrected chi connectivity index (χ3v) is 6.06. The number of hydrogen-bond acceptors (Lipinski definition) is 8. The molecule has 2 N–H and O–H groups in total. The summed E-state index contributed by atoms with van der Waals surface area (Å²) < 4.78 is 23.4. The maximum Gasteiger partial charge on any atom is 0.248 e. The molecule has 1 amide bonds. The largest absolute Gasteiger partial charge is 0.379 e. The Morgan fingerprint density at radius 3 is 2.76 bits per heavy atom. The lowest BCUT2D eigenvalue weighted by atomic mass is 10.2. The predicted molar refractivity (Wildman–Crippen MR) is 138 cm³/mol. The smallest absolute Gasteiger partial charge is 0.248 e. The van der Waals surface area contributed by atoms with Gasteiger partial charge in [0.1, 0.15) is 5.65 Å². The van der Waals surface area contributed by atoms with Crippen LogP contribution in [0.15, 0.2) is 43.0 Å². The first kappa shape index (κ1) is 24.5. The lowest BCUT2D eigenvalue weighted by Crippen LogP contribution is -2.36. The predicted octanol–water partition coefficient (Wildman–Crippen LogP) is 2.88. The van der Waals surface area contributed by atoms with Crippen LogP contribution in [0.3, 0.4) is 0 Å². The number of nitrogens with zero attached hydrogens (tertiary/aromatic N) is 7. The van der Waals surface area contributed by atoms with E-state index >= 15 is 0 Å². The van der Waals surface area contributed by atoms with Crippen LogP contribution >= 0.6 is 0 Å². The van der Waals surface area contributed by atoms with E-state index < -0.39 is 5.82 Å². The van der Waals surface area contributed by atoms with Crippen molar-refractivity contribution in [2.75, 3.05) is 43.5 Å². The fourth-order valence-corrected chi connectivity index (χ4v) is 4.20. The molecule has 5 heterocycles. The number of morpholine rings is 1. The Bertz CT molecular complexity index is 1470. The molecule has 1 fully saturated rings. The van der Waals surface area contributed by atoms with Gasteiger partial charge in [-0.3, -0.25) is 18.9 Å². The number of halogens is 1. The summed E-state index contributed by atoms with van der Waals surface area (Å²) in [4.78, 5) is 27.6. The van der Waals surface area contributed by atoms with Crippen LogP contribution in [0.4, 0.5) is 21.7 Å². The van der Waals surface area contributed by atoms with Crippen molar-refractivity contribution in [2.45, 2.75) is 13.8 Å². The van der Waals surface area contributed by atoms with Crippen LogP contribution in [0.5, 0.6) is 0 Å². The summed E-state index contributed by atoms with van der Waals surface area (Å²) in [6.45, 7) is 7.59. The van der Waals surface area contributed by atoms with Crippen LogP contribution in [0, 0.1) is 19.7 Å². The van der Waals surface area contributed by atoms with Gasteiger partial charge < -0.3 is 15.4 Å². The number of fused-ring (bicyclic) bond motifs is 1. The Morgan fingerprint density at radius 1 is 1.19 bits per heavy atom. The van der Waals surface area contributed by atoms with E-state index in [9.17, 15) is 9.18 Å². The second kappa shape index (κ2) is 10.4. The zero-order valence-electron chi connectivity index (χ0n) is 20.9. The summed E-state index contributed by atoms with van der Waals surface area (Å²) in [5.41, 5.74) is 3.42. The van der Waals surface area contributed by atoms with Gasteiger partial charge in [-0.15, -0.1) is 0 Å². The molecule has 0 atom stereocenters. The summed E-state index contributed by atoms with van der Waals surface area (Å²) in [7, 11) is 1.81. The number of anilines is 3. The summed E-state index contributed by atoms with van der Waals surface area (Å²) in [6, 6.07) is 1.82. The molecular formula is C25H28FN9O2. The second-order valence-electron chi connectivity index (χ2n) is 8.87. The Balaban J connectivity index is 1.34. The SMILES string of the molecule is Cc1nn(C)cc1Nc1ncc(F)c(-n2cc(C)c3cc(NC(=O)/C=C/CN4CCOCC4)cnc32)n1. The molecule has 11 nitrogen and oxygen atoms in total. The highest BCUT2D eigenvalue weighted by Crippen LogP contribution is 2.26. The zero-order valence-corrected chi connectivity index (χ0v) is 20.9. The number of hydrogen-bond donors (Lipinski definition) is 2. The Kier molecular flexibility index (Phi) is 6.93. The Morgan fingerprint density at radius 2 is 2.00 bits per heavy atom. The molecule has 0 radical (unpaired) electrons. The van der Waals surface area contributed by atoms with Gasteiger partial charge in [-0.05, 0) is 25.5 Å². The fourth-order valence-electron chi connectivity index (χ4n) is 4.20. The van der Waals surface area contributed by atoms with Crippen LogP contribution in [-0.2, 0) is 16.6 Å². The number of amides is 1. The Hall–Kier alpha value is -4.16. The van der Waals surface area contributed by atoms with E-state index in [-0.39, 0.29) is 17.7 Å². The molecule has 0 aliphatic carbocycles. The van der Waals surface area contributed by atoms with Crippen molar-refractivity contribution in [3.8, 4) is 5.82 Å². The van der Waals surface area contributed by atoms with E-state index in [1.165, 1.54) is 6.08 Å². The number of carbonyl (C=O) groups is 1. The van der Waals surface area contributed by atoms with E-state index in [0.29, 0.717) is 31.1 Å². The van der Waals surface area contributed by atoms with Crippen molar-refractivity contribution in [3.05, 3.63) is 60.1 Å². The molecule has 0 spiro atoms. The third kappa shape index (κ3) is 5.49. The quantitative estimate of drug-likeness (QED) is 0.369. The molecule has 37 heavy (non-hydrogen) atoms. The summed E-state index contributed by atoms with van der Waals surface area (Å²) in [5.74, 6) is -0.531. The van der Waals surface area contributed by atoms with Gasteiger partial charge in [0.2, 0.25) is 11.9 Å². The van der Waals surface area contributed by atoms with E-state index in [2.05, 4.69) is 35.6 Å². The minimum absolute atomic E-state index is 0.0625. The minimum Gasteiger partial charge on any atom is -0.379 e. The van der Waals surface area contributed by atoms with Crippen molar-refractivity contribution >= 4 is 34.3 Å². The van der Waals surface area contributed by atoms with Crippen molar-refractivity contribution in [2.24, 2.45) is 7.05 Å². The third-order valence-electron chi connectivity index (χ3n) is 6.06. The highest BCUT2D eigenvalue weighted by Gasteiger charge is 2.16. The van der Waals surface area contributed by atoms with E-state index in [1.807, 2.05) is 33.0 Å². The normalized spacial score (nSPS) is 14.5. The highest BCUT2D eigenvalue weighted by molar-refractivity contribution is 6.00. The van der Waals surface area contributed by atoms with Gasteiger partial charge in [-0.25, -0.2) is 14.4 Å². The second-order valence-corrected chi connectivity index (χ2v) is 8.87. The molecule has 192 valence electrons. The van der Waals surface area contributed by atoms with Gasteiger partial charge in [0.05, 0.1) is 42.7 Å². The molecule has 12 heteroatoms.